The van der Waals surface area contributed by atoms with Crippen LogP contribution in [0.25, 0.3) is 10.8 Å². The Morgan fingerprint density at radius 2 is 1.86 bits per heavy atom. The molecule has 0 radical (unpaired) electrons. The van der Waals surface area contributed by atoms with Gasteiger partial charge in [0.2, 0.25) is 5.91 Å². The number of ether oxygens (including phenoxy) is 2. The van der Waals surface area contributed by atoms with Crippen molar-refractivity contribution in [2.45, 2.75) is 20.4 Å². The average molecular weight is 394 g/mol. The van der Waals surface area contributed by atoms with E-state index in [0.29, 0.717) is 22.2 Å². The molecule has 0 bridgehead atoms. The van der Waals surface area contributed by atoms with Crippen LogP contribution in [0.5, 0.6) is 5.75 Å². The Labute approximate surface area is 167 Å². The van der Waals surface area contributed by atoms with E-state index in [9.17, 15) is 14.4 Å². The summed E-state index contributed by atoms with van der Waals surface area (Å²) in [5.74, 6) is -0.410. The Bertz CT molecular complexity index is 1130. The molecule has 0 atom stereocenters. The van der Waals surface area contributed by atoms with E-state index in [1.807, 2.05) is 32.0 Å². The summed E-state index contributed by atoms with van der Waals surface area (Å²) in [6.45, 7) is 3.53. The smallest absolute Gasteiger partial charge is 0.343 e. The van der Waals surface area contributed by atoms with Crippen LogP contribution in [0.3, 0.4) is 0 Å². The molecule has 150 valence electrons. The zero-order valence-corrected chi connectivity index (χ0v) is 16.5. The van der Waals surface area contributed by atoms with Crippen LogP contribution in [0.15, 0.2) is 53.5 Å². The molecule has 3 aromatic rings. The number of nitrogens with one attached hydrogen (secondary N) is 1. The predicted molar refractivity (Wildman–Crippen MR) is 110 cm³/mol. The van der Waals surface area contributed by atoms with Gasteiger partial charge in [-0.3, -0.25) is 9.59 Å². The minimum Gasteiger partial charge on any atom is -0.481 e. The van der Waals surface area contributed by atoms with Crippen LogP contribution in [-0.4, -0.2) is 30.2 Å². The van der Waals surface area contributed by atoms with Gasteiger partial charge in [0.1, 0.15) is 12.3 Å². The summed E-state index contributed by atoms with van der Waals surface area (Å²) >= 11 is 0. The first-order valence-electron chi connectivity index (χ1n) is 9.08. The zero-order chi connectivity index (χ0) is 21.0. The van der Waals surface area contributed by atoms with Gasteiger partial charge in [-0.2, -0.15) is 0 Å². The number of carbonyl (C=O) groups excluding carboxylic acids is 2. The third kappa shape index (κ3) is 4.63. The minimum atomic E-state index is -0.515. The lowest BCUT2D eigenvalue weighted by molar-refractivity contribution is -0.142. The molecule has 0 aliphatic carbocycles. The number of esters is 1. The molecule has 7 nitrogen and oxygen atoms in total. The van der Waals surface area contributed by atoms with Crippen LogP contribution in [0, 0.1) is 13.8 Å². The molecule has 3 rings (SSSR count). The quantitative estimate of drug-likeness (QED) is 0.650. The molecule has 0 fully saturated rings. The first kappa shape index (κ1) is 20.1. The molecule has 0 saturated heterocycles. The number of methoxy groups -OCH3 is 1. The topological polar surface area (TPSA) is 86.6 Å². The van der Waals surface area contributed by atoms with Crippen molar-refractivity contribution in [3.8, 4) is 5.75 Å². The highest BCUT2D eigenvalue weighted by molar-refractivity contribution is 5.92. The Kier molecular flexibility index (Phi) is 5.97. The van der Waals surface area contributed by atoms with E-state index in [1.165, 1.54) is 17.9 Å². The van der Waals surface area contributed by atoms with Crippen LogP contribution in [0.1, 0.15) is 11.1 Å². The number of aryl methyl sites for hydroxylation is 2. The number of hydrogen-bond donors (Lipinski definition) is 1. The molecule has 1 aromatic heterocycles. The van der Waals surface area contributed by atoms with Gasteiger partial charge in [-0.1, -0.05) is 23.8 Å². The van der Waals surface area contributed by atoms with E-state index in [1.54, 1.807) is 24.3 Å². The van der Waals surface area contributed by atoms with E-state index in [4.69, 9.17) is 4.74 Å². The fourth-order valence-corrected chi connectivity index (χ4v) is 3.03. The number of benzene rings is 2. The number of hydrogen-bond acceptors (Lipinski definition) is 5. The Morgan fingerprint density at radius 3 is 2.59 bits per heavy atom. The Hall–Kier alpha value is -3.61. The maximum absolute atomic E-state index is 12.8. The van der Waals surface area contributed by atoms with Crippen molar-refractivity contribution in [2.75, 3.05) is 19.0 Å². The van der Waals surface area contributed by atoms with Gasteiger partial charge in [0.25, 0.3) is 5.56 Å². The number of nitrogens with zero attached hydrogens (tertiary/aromatic N) is 1. The average Bonchev–Trinajstić information content (AvgIpc) is 2.70. The van der Waals surface area contributed by atoms with E-state index in [-0.39, 0.29) is 24.6 Å². The van der Waals surface area contributed by atoms with Crippen LogP contribution < -0.4 is 15.6 Å². The number of amides is 1. The van der Waals surface area contributed by atoms with E-state index >= 15 is 0 Å². The Balaban J connectivity index is 1.81. The van der Waals surface area contributed by atoms with Crippen molar-refractivity contribution < 1.29 is 19.1 Å². The highest BCUT2D eigenvalue weighted by Gasteiger charge is 2.12. The minimum absolute atomic E-state index is 0.116. The maximum atomic E-state index is 12.8. The number of pyridine rings is 1. The summed E-state index contributed by atoms with van der Waals surface area (Å²) in [7, 11) is 1.27. The fraction of sp³-hybridized carbons (Fsp3) is 0.227. The molecular formula is C22H22N2O5. The first-order chi connectivity index (χ1) is 13.9. The van der Waals surface area contributed by atoms with Crippen molar-refractivity contribution in [1.82, 2.24) is 4.57 Å². The highest BCUT2D eigenvalue weighted by Crippen LogP contribution is 2.23. The van der Waals surface area contributed by atoms with Gasteiger partial charge < -0.3 is 19.4 Å². The molecule has 2 aromatic carbocycles. The van der Waals surface area contributed by atoms with Crippen LogP contribution >= 0.6 is 0 Å². The van der Waals surface area contributed by atoms with Crippen LogP contribution in [0.2, 0.25) is 0 Å². The predicted octanol–water partition coefficient (Wildman–Crippen LogP) is 2.81. The number of aromatic nitrogens is 1. The van der Waals surface area contributed by atoms with Crippen molar-refractivity contribution >= 4 is 28.3 Å². The van der Waals surface area contributed by atoms with Crippen LogP contribution in [0.4, 0.5) is 5.69 Å². The molecule has 0 unspecified atom stereocenters. The molecule has 0 aliphatic heterocycles. The maximum Gasteiger partial charge on any atom is 0.343 e. The lowest BCUT2D eigenvalue weighted by atomic mass is 10.1. The highest BCUT2D eigenvalue weighted by atomic mass is 16.6. The fourth-order valence-electron chi connectivity index (χ4n) is 3.03. The third-order valence-corrected chi connectivity index (χ3v) is 4.52. The lowest BCUT2D eigenvalue weighted by Gasteiger charge is -2.12. The molecule has 7 heteroatoms. The SMILES string of the molecule is COC(=O)COc1cccc2c(=O)n(CC(=O)Nc3ccc(C)cc3C)ccc12. The van der Waals surface area contributed by atoms with Crippen molar-refractivity contribution in [1.29, 1.82) is 0 Å². The second-order valence-electron chi connectivity index (χ2n) is 6.70. The number of anilines is 1. The summed E-state index contributed by atoms with van der Waals surface area (Å²) in [5.41, 5.74) is 2.46. The van der Waals surface area contributed by atoms with E-state index < -0.39 is 5.97 Å². The van der Waals surface area contributed by atoms with E-state index in [0.717, 1.165) is 11.1 Å². The van der Waals surface area contributed by atoms with Gasteiger partial charge in [-0.25, -0.2) is 4.79 Å². The molecule has 1 N–H and O–H groups in total. The second kappa shape index (κ2) is 8.60. The summed E-state index contributed by atoms with van der Waals surface area (Å²) in [5, 5.41) is 3.80. The third-order valence-electron chi connectivity index (χ3n) is 4.52. The molecule has 1 heterocycles. The van der Waals surface area contributed by atoms with Gasteiger partial charge in [-0.05, 0) is 43.7 Å². The molecular weight excluding hydrogens is 372 g/mol. The van der Waals surface area contributed by atoms with Gasteiger partial charge >= 0.3 is 5.97 Å². The number of carbonyl (C=O) groups is 2. The molecule has 0 spiro atoms. The molecule has 0 aliphatic rings. The zero-order valence-electron chi connectivity index (χ0n) is 16.5. The molecule has 1 amide bonds. The molecule has 29 heavy (non-hydrogen) atoms. The standard InChI is InChI=1S/C22H22N2O5/c1-14-7-8-18(15(2)11-14)23-20(25)12-24-10-9-16-17(22(24)27)5-4-6-19(16)29-13-21(26)28-3/h4-11H,12-13H2,1-3H3,(H,23,25). The van der Waals surface area contributed by atoms with Gasteiger partial charge in [0.05, 0.1) is 12.5 Å². The first-order valence-corrected chi connectivity index (χ1v) is 9.08. The van der Waals surface area contributed by atoms with Crippen LogP contribution in [-0.2, 0) is 20.9 Å². The van der Waals surface area contributed by atoms with Crippen molar-refractivity contribution in [2.24, 2.45) is 0 Å². The number of rotatable bonds is 6. The molecule has 0 saturated carbocycles. The summed E-state index contributed by atoms with van der Waals surface area (Å²) in [4.78, 5) is 36.5. The van der Waals surface area contributed by atoms with Gasteiger partial charge in [0.15, 0.2) is 6.61 Å². The van der Waals surface area contributed by atoms with Crippen molar-refractivity contribution in [3.05, 3.63) is 70.1 Å². The van der Waals surface area contributed by atoms with E-state index in [2.05, 4.69) is 10.1 Å². The van der Waals surface area contributed by atoms with Crippen molar-refractivity contribution in [3.63, 3.8) is 0 Å². The normalized spacial score (nSPS) is 10.6. The summed E-state index contributed by atoms with van der Waals surface area (Å²) in [6.07, 6.45) is 1.54. The summed E-state index contributed by atoms with van der Waals surface area (Å²) < 4.78 is 11.3. The monoisotopic (exact) mass is 394 g/mol. The summed E-state index contributed by atoms with van der Waals surface area (Å²) in [6, 6.07) is 12.4. The second-order valence-corrected chi connectivity index (χ2v) is 6.70. The van der Waals surface area contributed by atoms with Gasteiger partial charge in [0, 0.05) is 17.3 Å². The lowest BCUT2D eigenvalue weighted by Crippen LogP contribution is -2.27. The Morgan fingerprint density at radius 1 is 1.07 bits per heavy atom. The number of fused-ring (bicyclic) bond motifs is 1. The van der Waals surface area contributed by atoms with Gasteiger partial charge in [-0.15, -0.1) is 0 Å². The largest absolute Gasteiger partial charge is 0.481 e.